The van der Waals surface area contributed by atoms with Gasteiger partial charge in [-0.2, -0.15) is 0 Å². The number of ether oxygens (including phenoxy) is 1. The van der Waals surface area contributed by atoms with E-state index in [9.17, 15) is 4.79 Å². The van der Waals surface area contributed by atoms with Crippen molar-refractivity contribution in [2.45, 2.75) is 33.3 Å². The van der Waals surface area contributed by atoms with Gasteiger partial charge in [0.25, 0.3) is 0 Å². The molecule has 1 heterocycles. The fourth-order valence-corrected chi connectivity index (χ4v) is 1.00. The second kappa shape index (κ2) is 3.74. The van der Waals surface area contributed by atoms with E-state index in [1.165, 1.54) is 0 Å². The predicted molar refractivity (Wildman–Crippen MR) is 55.4 cm³/mol. The highest BCUT2D eigenvalue weighted by Gasteiger charge is 2.16. The number of rotatable bonds is 1. The zero-order chi connectivity index (χ0) is 10.8. The van der Waals surface area contributed by atoms with Gasteiger partial charge in [-0.25, -0.2) is 4.79 Å². The predicted octanol–water partition coefficient (Wildman–Crippen LogP) is 2.67. The quantitative estimate of drug-likeness (QED) is 0.725. The van der Waals surface area contributed by atoms with Gasteiger partial charge < -0.3 is 9.72 Å². The highest BCUT2D eigenvalue weighted by Crippen LogP contribution is 2.12. The first-order chi connectivity index (χ1) is 6.37. The Bertz CT molecular complexity index is 323. The molecule has 78 valence electrons. The fraction of sp³-hybridized carbons (Fsp3) is 0.500. The summed E-state index contributed by atoms with van der Waals surface area (Å²) in [4.78, 5) is 14.3. The molecule has 1 amide bonds. The van der Waals surface area contributed by atoms with Crippen molar-refractivity contribution in [1.82, 2.24) is 4.98 Å². The van der Waals surface area contributed by atoms with Crippen LogP contribution in [0.4, 0.5) is 10.5 Å². The standard InChI is InChI=1S/C10H16N2O2/c1-7-5-8(6-11-7)12-9(13)14-10(2,3)4/h5-6,11H,1-4H3,(H,12,13). The van der Waals surface area contributed by atoms with Crippen LogP contribution in [0.2, 0.25) is 0 Å². The van der Waals surface area contributed by atoms with Crippen molar-refractivity contribution in [2.24, 2.45) is 0 Å². The van der Waals surface area contributed by atoms with Crippen molar-refractivity contribution in [1.29, 1.82) is 0 Å². The van der Waals surface area contributed by atoms with Gasteiger partial charge in [0, 0.05) is 11.9 Å². The molecule has 1 aromatic heterocycles. The molecule has 1 rings (SSSR count). The molecular weight excluding hydrogens is 180 g/mol. The smallest absolute Gasteiger partial charge is 0.412 e. The van der Waals surface area contributed by atoms with Crippen LogP contribution in [0.25, 0.3) is 0 Å². The molecule has 0 aliphatic carbocycles. The Morgan fingerprint density at radius 1 is 1.50 bits per heavy atom. The number of aryl methyl sites for hydroxylation is 1. The van der Waals surface area contributed by atoms with E-state index in [4.69, 9.17) is 4.74 Å². The van der Waals surface area contributed by atoms with Crippen LogP contribution in [0.1, 0.15) is 26.5 Å². The number of carbonyl (C=O) groups excluding carboxylic acids is 1. The summed E-state index contributed by atoms with van der Waals surface area (Å²) in [5.41, 5.74) is 1.25. The van der Waals surface area contributed by atoms with Gasteiger partial charge in [-0.05, 0) is 33.8 Å². The number of H-pyrrole nitrogens is 1. The molecule has 0 fully saturated rings. The summed E-state index contributed by atoms with van der Waals surface area (Å²) >= 11 is 0. The van der Waals surface area contributed by atoms with Gasteiger partial charge in [0.2, 0.25) is 0 Å². The van der Waals surface area contributed by atoms with E-state index in [1.54, 1.807) is 6.20 Å². The van der Waals surface area contributed by atoms with Crippen LogP contribution in [0, 0.1) is 6.92 Å². The molecule has 1 aromatic rings. The minimum absolute atomic E-state index is 0.434. The number of aromatic nitrogens is 1. The SMILES string of the molecule is Cc1cc(NC(=O)OC(C)(C)C)c[nH]1. The summed E-state index contributed by atoms with van der Waals surface area (Å²) in [7, 11) is 0. The summed E-state index contributed by atoms with van der Waals surface area (Å²) in [6.07, 6.45) is 1.29. The maximum absolute atomic E-state index is 11.3. The van der Waals surface area contributed by atoms with Crippen LogP contribution in [-0.4, -0.2) is 16.7 Å². The van der Waals surface area contributed by atoms with E-state index in [0.717, 1.165) is 11.4 Å². The molecule has 0 radical (unpaired) electrons. The molecule has 0 bridgehead atoms. The fourth-order valence-electron chi connectivity index (χ4n) is 1.00. The maximum Gasteiger partial charge on any atom is 0.412 e. The number of nitrogens with one attached hydrogen (secondary N) is 2. The Morgan fingerprint density at radius 2 is 2.14 bits per heavy atom. The monoisotopic (exact) mass is 196 g/mol. The summed E-state index contributed by atoms with van der Waals surface area (Å²) < 4.78 is 5.09. The lowest BCUT2D eigenvalue weighted by Crippen LogP contribution is -2.27. The number of carbonyl (C=O) groups is 1. The molecule has 0 saturated heterocycles. The first kappa shape index (κ1) is 10.6. The molecule has 0 aliphatic heterocycles. The Kier molecular flexibility index (Phi) is 2.84. The normalized spacial score (nSPS) is 11.1. The largest absolute Gasteiger partial charge is 0.444 e. The minimum Gasteiger partial charge on any atom is -0.444 e. The van der Waals surface area contributed by atoms with Gasteiger partial charge in [-0.1, -0.05) is 0 Å². The van der Waals surface area contributed by atoms with Crippen LogP contribution in [0.15, 0.2) is 12.3 Å². The lowest BCUT2D eigenvalue weighted by Gasteiger charge is -2.19. The van der Waals surface area contributed by atoms with Crippen LogP contribution < -0.4 is 5.32 Å². The van der Waals surface area contributed by atoms with Crippen molar-refractivity contribution in [3.05, 3.63) is 18.0 Å². The Morgan fingerprint density at radius 3 is 2.57 bits per heavy atom. The maximum atomic E-state index is 11.3. The number of anilines is 1. The summed E-state index contributed by atoms with van der Waals surface area (Å²) in [5.74, 6) is 0. The Labute approximate surface area is 83.7 Å². The molecule has 4 heteroatoms. The Balaban J connectivity index is 2.50. The van der Waals surface area contributed by atoms with Gasteiger partial charge in [-0.15, -0.1) is 0 Å². The van der Waals surface area contributed by atoms with Crippen molar-refractivity contribution in [2.75, 3.05) is 5.32 Å². The number of hydrogen-bond acceptors (Lipinski definition) is 2. The molecule has 14 heavy (non-hydrogen) atoms. The zero-order valence-electron chi connectivity index (χ0n) is 8.97. The van der Waals surface area contributed by atoms with Crippen molar-refractivity contribution >= 4 is 11.8 Å². The molecular formula is C10H16N2O2. The molecule has 0 aliphatic rings. The number of amides is 1. The van der Waals surface area contributed by atoms with Crippen molar-refractivity contribution < 1.29 is 9.53 Å². The van der Waals surface area contributed by atoms with E-state index >= 15 is 0 Å². The van der Waals surface area contributed by atoms with Crippen LogP contribution in [-0.2, 0) is 4.74 Å². The topological polar surface area (TPSA) is 54.1 Å². The van der Waals surface area contributed by atoms with Crippen molar-refractivity contribution in [3.63, 3.8) is 0 Å². The average Bonchev–Trinajstić information content (AvgIpc) is 2.30. The first-order valence-corrected chi connectivity index (χ1v) is 4.52. The highest BCUT2D eigenvalue weighted by atomic mass is 16.6. The lowest BCUT2D eigenvalue weighted by molar-refractivity contribution is 0.0636. The highest BCUT2D eigenvalue weighted by molar-refractivity contribution is 5.84. The lowest BCUT2D eigenvalue weighted by atomic mass is 10.2. The minimum atomic E-state index is -0.463. The van der Waals surface area contributed by atoms with Gasteiger partial charge in [0.15, 0.2) is 0 Å². The third kappa shape index (κ3) is 3.51. The molecule has 0 saturated carbocycles. The average molecular weight is 196 g/mol. The number of hydrogen-bond donors (Lipinski definition) is 2. The van der Waals surface area contributed by atoms with Crippen molar-refractivity contribution in [3.8, 4) is 0 Å². The van der Waals surface area contributed by atoms with E-state index in [1.807, 2.05) is 33.8 Å². The van der Waals surface area contributed by atoms with E-state index in [0.29, 0.717) is 0 Å². The molecule has 2 N–H and O–H groups in total. The third-order valence-electron chi connectivity index (χ3n) is 1.47. The molecule has 0 unspecified atom stereocenters. The van der Waals surface area contributed by atoms with Crippen LogP contribution >= 0.6 is 0 Å². The Hall–Kier alpha value is -1.45. The van der Waals surface area contributed by atoms with Gasteiger partial charge in [0.1, 0.15) is 5.60 Å². The van der Waals surface area contributed by atoms with Gasteiger partial charge in [0.05, 0.1) is 5.69 Å². The molecule has 0 spiro atoms. The summed E-state index contributed by atoms with van der Waals surface area (Å²) in [6.45, 7) is 7.40. The second-order valence-corrected chi connectivity index (χ2v) is 4.20. The zero-order valence-corrected chi connectivity index (χ0v) is 8.97. The van der Waals surface area contributed by atoms with Crippen LogP contribution in [0.5, 0.6) is 0 Å². The molecule has 4 nitrogen and oxygen atoms in total. The van der Waals surface area contributed by atoms with E-state index < -0.39 is 11.7 Å². The first-order valence-electron chi connectivity index (χ1n) is 4.52. The van der Waals surface area contributed by atoms with Gasteiger partial charge in [-0.3, -0.25) is 5.32 Å². The van der Waals surface area contributed by atoms with E-state index in [-0.39, 0.29) is 0 Å². The van der Waals surface area contributed by atoms with Crippen LogP contribution in [0.3, 0.4) is 0 Å². The summed E-state index contributed by atoms with van der Waals surface area (Å²) in [6, 6.07) is 1.84. The van der Waals surface area contributed by atoms with Gasteiger partial charge >= 0.3 is 6.09 Å². The third-order valence-corrected chi connectivity index (χ3v) is 1.47. The molecule has 0 atom stereocenters. The molecule has 0 aromatic carbocycles. The number of aromatic amines is 1. The second-order valence-electron chi connectivity index (χ2n) is 4.20. The van der Waals surface area contributed by atoms with E-state index in [2.05, 4.69) is 10.3 Å². The summed E-state index contributed by atoms with van der Waals surface area (Å²) in [5, 5.41) is 2.63.